The number of hydrogen-bond acceptors (Lipinski definition) is 2. The third kappa shape index (κ3) is 2.90. The molecule has 14 heavy (non-hydrogen) atoms. The van der Waals surface area contributed by atoms with Gasteiger partial charge < -0.3 is 5.32 Å². The summed E-state index contributed by atoms with van der Waals surface area (Å²) < 4.78 is 24.7. The largest absolute Gasteiger partial charge is 0.356 e. The van der Waals surface area contributed by atoms with Crippen molar-refractivity contribution >= 4 is 6.41 Å². The molecule has 0 aromatic carbocycles. The molecule has 0 saturated carbocycles. The van der Waals surface area contributed by atoms with E-state index in [0.29, 0.717) is 19.5 Å². The lowest BCUT2D eigenvalue weighted by Gasteiger charge is -2.35. The molecule has 82 valence electrons. The number of carbonyl (C=O) groups excluding carboxylic acids is 1. The van der Waals surface area contributed by atoms with Gasteiger partial charge in [-0.15, -0.1) is 0 Å². The fourth-order valence-electron chi connectivity index (χ4n) is 1.73. The van der Waals surface area contributed by atoms with Crippen LogP contribution in [0.25, 0.3) is 0 Å². The normalized spacial score (nSPS) is 22.3. The molecule has 0 bridgehead atoms. The zero-order valence-electron chi connectivity index (χ0n) is 8.25. The minimum Gasteiger partial charge on any atom is -0.356 e. The van der Waals surface area contributed by atoms with Crippen LogP contribution in [0.3, 0.4) is 0 Å². The Morgan fingerprint density at radius 1 is 1.43 bits per heavy atom. The first-order valence-corrected chi connectivity index (χ1v) is 4.87. The van der Waals surface area contributed by atoms with Crippen molar-refractivity contribution in [2.75, 3.05) is 13.1 Å². The Kier molecular flexibility index (Phi) is 4.25. The Bertz CT molecular complexity index is 182. The highest BCUT2D eigenvalue weighted by molar-refractivity contribution is 5.46. The van der Waals surface area contributed by atoms with E-state index in [2.05, 4.69) is 5.32 Å². The van der Waals surface area contributed by atoms with E-state index in [-0.39, 0.29) is 6.04 Å². The number of carbonyl (C=O) groups is 1. The summed E-state index contributed by atoms with van der Waals surface area (Å²) in [5.41, 5.74) is 0. The van der Waals surface area contributed by atoms with E-state index in [1.807, 2.05) is 0 Å². The summed E-state index contributed by atoms with van der Waals surface area (Å²) in [6.07, 6.45) is -0.0896. The van der Waals surface area contributed by atoms with Crippen LogP contribution in [0.15, 0.2) is 0 Å². The predicted octanol–water partition coefficient (Wildman–Crippen LogP) is 0.850. The molecule has 1 aliphatic rings. The molecular weight excluding hydrogens is 190 g/mol. The van der Waals surface area contributed by atoms with Crippen LogP contribution in [0.5, 0.6) is 0 Å². The number of hydrogen-bond donors (Lipinski definition) is 1. The Hall–Kier alpha value is -0.710. The summed E-state index contributed by atoms with van der Waals surface area (Å²) in [4.78, 5) is 11.9. The van der Waals surface area contributed by atoms with E-state index < -0.39 is 12.5 Å². The number of piperidine rings is 1. The van der Waals surface area contributed by atoms with Crippen molar-refractivity contribution in [1.82, 2.24) is 10.2 Å². The summed E-state index contributed by atoms with van der Waals surface area (Å²) in [6, 6.07) is -0.513. The van der Waals surface area contributed by atoms with Crippen molar-refractivity contribution in [2.45, 2.75) is 38.3 Å². The van der Waals surface area contributed by atoms with Crippen LogP contribution < -0.4 is 5.32 Å². The smallest absolute Gasteiger partial charge is 0.253 e. The first-order chi connectivity index (χ1) is 6.65. The SMILES string of the molecule is CC(C(F)F)N1CCC(NC=O)CC1. The van der Waals surface area contributed by atoms with Crippen molar-refractivity contribution in [1.29, 1.82) is 0 Å². The van der Waals surface area contributed by atoms with Crippen LogP contribution in [-0.2, 0) is 4.79 Å². The Morgan fingerprint density at radius 3 is 2.43 bits per heavy atom. The summed E-state index contributed by atoms with van der Waals surface area (Å²) in [6.45, 7) is 2.81. The average Bonchev–Trinajstić information content (AvgIpc) is 2.18. The van der Waals surface area contributed by atoms with Gasteiger partial charge in [-0.1, -0.05) is 0 Å². The molecule has 0 aromatic rings. The highest BCUT2D eigenvalue weighted by atomic mass is 19.3. The molecule has 1 rings (SSSR count). The molecule has 1 unspecified atom stereocenters. The van der Waals surface area contributed by atoms with Crippen molar-refractivity contribution in [3.63, 3.8) is 0 Å². The van der Waals surface area contributed by atoms with Crippen molar-refractivity contribution in [3.05, 3.63) is 0 Å². The molecule has 3 nitrogen and oxygen atoms in total. The molecule has 1 amide bonds. The molecule has 1 heterocycles. The number of likely N-dealkylation sites (tertiary alicyclic amines) is 1. The lowest BCUT2D eigenvalue weighted by Crippen LogP contribution is -2.47. The summed E-state index contributed by atoms with van der Waals surface area (Å²) >= 11 is 0. The number of alkyl halides is 2. The van der Waals surface area contributed by atoms with E-state index in [4.69, 9.17) is 0 Å². The monoisotopic (exact) mass is 206 g/mol. The third-order valence-electron chi connectivity index (χ3n) is 2.77. The van der Waals surface area contributed by atoms with Crippen molar-refractivity contribution in [3.8, 4) is 0 Å². The molecule has 1 aliphatic heterocycles. The van der Waals surface area contributed by atoms with Crippen LogP contribution in [0.1, 0.15) is 19.8 Å². The van der Waals surface area contributed by atoms with Gasteiger partial charge >= 0.3 is 0 Å². The van der Waals surface area contributed by atoms with Gasteiger partial charge in [0, 0.05) is 19.1 Å². The summed E-state index contributed by atoms with van der Waals surface area (Å²) in [7, 11) is 0. The number of rotatable bonds is 4. The minimum absolute atomic E-state index is 0.161. The second-order valence-electron chi connectivity index (χ2n) is 3.67. The maximum absolute atomic E-state index is 12.3. The van der Waals surface area contributed by atoms with Gasteiger partial charge in [-0.2, -0.15) is 0 Å². The first-order valence-electron chi connectivity index (χ1n) is 4.87. The van der Waals surface area contributed by atoms with Gasteiger partial charge in [0.25, 0.3) is 6.43 Å². The minimum atomic E-state index is -2.29. The van der Waals surface area contributed by atoms with Gasteiger partial charge in [0.15, 0.2) is 0 Å². The Labute approximate surface area is 82.5 Å². The third-order valence-corrected chi connectivity index (χ3v) is 2.77. The van der Waals surface area contributed by atoms with E-state index in [9.17, 15) is 13.6 Å². The van der Waals surface area contributed by atoms with Gasteiger partial charge in [-0.25, -0.2) is 8.78 Å². The van der Waals surface area contributed by atoms with Crippen LogP contribution in [0.2, 0.25) is 0 Å². The summed E-state index contributed by atoms with van der Waals surface area (Å²) in [5, 5.41) is 2.68. The van der Waals surface area contributed by atoms with Gasteiger partial charge in [-0.3, -0.25) is 9.69 Å². The number of halogens is 2. The van der Waals surface area contributed by atoms with E-state index in [1.54, 1.807) is 4.90 Å². The molecule has 0 spiro atoms. The van der Waals surface area contributed by atoms with Gasteiger partial charge in [0.1, 0.15) is 0 Å². The first kappa shape index (κ1) is 11.4. The molecular formula is C9H16F2N2O. The van der Waals surface area contributed by atoms with Gasteiger partial charge in [0.05, 0.1) is 6.04 Å². The molecule has 0 aromatic heterocycles. The fraction of sp³-hybridized carbons (Fsp3) is 0.889. The average molecular weight is 206 g/mol. The Balaban J connectivity index is 2.31. The number of nitrogens with one attached hydrogen (secondary N) is 1. The fourth-order valence-corrected chi connectivity index (χ4v) is 1.73. The molecule has 1 saturated heterocycles. The van der Waals surface area contributed by atoms with Crippen LogP contribution in [0.4, 0.5) is 8.78 Å². The van der Waals surface area contributed by atoms with Crippen LogP contribution in [0, 0.1) is 0 Å². The number of amides is 1. The zero-order valence-corrected chi connectivity index (χ0v) is 8.25. The molecule has 5 heteroatoms. The molecule has 1 atom stereocenters. The zero-order chi connectivity index (χ0) is 10.6. The molecule has 1 fully saturated rings. The molecule has 0 radical (unpaired) electrons. The molecule has 0 aliphatic carbocycles. The van der Waals surface area contributed by atoms with E-state index >= 15 is 0 Å². The highest BCUT2D eigenvalue weighted by Crippen LogP contribution is 2.16. The van der Waals surface area contributed by atoms with Crippen LogP contribution in [-0.4, -0.2) is 42.9 Å². The van der Waals surface area contributed by atoms with Gasteiger partial charge in [-0.05, 0) is 19.8 Å². The Morgan fingerprint density at radius 2 is 2.00 bits per heavy atom. The van der Waals surface area contributed by atoms with Crippen molar-refractivity contribution in [2.24, 2.45) is 0 Å². The lowest BCUT2D eigenvalue weighted by atomic mass is 10.0. The van der Waals surface area contributed by atoms with Gasteiger partial charge in [0.2, 0.25) is 6.41 Å². The molecule has 1 N–H and O–H groups in total. The maximum Gasteiger partial charge on any atom is 0.253 e. The predicted molar refractivity (Wildman–Crippen MR) is 49.3 cm³/mol. The summed E-state index contributed by atoms with van der Waals surface area (Å²) in [5.74, 6) is 0. The lowest BCUT2D eigenvalue weighted by molar-refractivity contribution is -0.110. The number of nitrogens with zero attached hydrogens (tertiary/aromatic N) is 1. The van der Waals surface area contributed by atoms with Crippen LogP contribution >= 0.6 is 0 Å². The topological polar surface area (TPSA) is 32.3 Å². The standard InChI is InChI=1S/C9H16F2N2O/c1-7(9(10)11)13-4-2-8(3-5-13)12-6-14/h6-9H,2-5H2,1H3,(H,12,14). The second kappa shape index (κ2) is 5.24. The highest BCUT2D eigenvalue weighted by Gasteiger charge is 2.26. The maximum atomic E-state index is 12.3. The van der Waals surface area contributed by atoms with Crippen molar-refractivity contribution < 1.29 is 13.6 Å². The van der Waals surface area contributed by atoms with E-state index in [1.165, 1.54) is 6.92 Å². The van der Waals surface area contributed by atoms with E-state index in [0.717, 1.165) is 12.8 Å². The second-order valence-corrected chi connectivity index (χ2v) is 3.67. The quantitative estimate of drug-likeness (QED) is 0.692.